The first-order chi connectivity index (χ1) is 15.9. The van der Waals surface area contributed by atoms with Crippen molar-refractivity contribution in [3.8, 4) is 11.3 Å². The molecule has 0 aliphatic carbocycles. The number of rotatable bonds is 4. The molecule has 0 unspecified atom stereocenters. The Kier molecular flexibility index (Phi) is 6.13. The van der Waals surface area contributed by atoms with E-state index in [0.717, 1.165) is 27.9 Å². The van der Waals surface area contributed by atoms with Gasteiger partial charge in [-0.3, -0.25) is 4.79 Å². The van der Waals surface area contributed by atoms with Crippen LogP contribution >= 0.6 is 0 Å². The monoisotopic (exact) mass is 426 g/mol. The van der Waals surface area contributed by atoms with Crippen LogP contribution in [0.25, 0.3) is 22.0 Å². The van der Waals surface area contributed by atoms with Crippen LogP contribution in [0.1, 0.15) is 21.7 Å². The molecular weight excluding hydrogens is 412 g/mol. The summed E-state index contributed by atoms with van der Waals surface area (Å²) in [7, 11) is 43.4. The number of nitrogens with one attached hydrogen (secondary N) is 1. The molecule has 4 rings (SSSR count). The lowest BCUT2D eigenvalue weighted by atomic mass is 9.37. The summed E-state index contributed by atoms with van der Waals surface area (Å²) in [4.78, 5) is 21.7. The molecule has 2 aromatic heterocycles. The molecular formula is C22H13B7N4O. The van der Waals surface area contributed by atoms with Crippen LogP contribution in [0, 0.1) is 6.92 Å². The molecule has 34 heavy (non-hydrogen) atoms. The summed E-state index contributed by atoms with van der Waals surface area (Å²) in [5.41, 5.74) is 1.25. The van der Waals surface area contributed by atoms with Gasteiger partial charge in [-0.1, -0.05) is 28.6 Å². The first-order valence-electron chi connectivity index (χ1n) is 10.2. The third-order valence-corrected chi connectivity index (χ3v) is 5.80. The molecule has 12 heteroatoms. The van der Waals surface area contributed by atoms with Gasteiger partial charge in [-0.15, -0.1) is 16.0 Å². The number of benzene rings is 2. The topological polar surface area (TPSA) is 59.8 Å². The number of imidazole rings is 1. The molecule has 4 aromatic rings. The van der Waals surface area contributed by atoms with Gasteiger partial charge in [-0.2, -0.15) is 0 Å². The highest BCUT2D eigenvalue weighted by Crippen LogP contribution is 2.26. The minimum absolute atomic E-state index is 0.0409. The number of fused-ring (bicyclic) bond motifs is 1. The summed E-state index contributed by atoms with van der Waals surface area (Å²) < 4.78 is 1.99. The van der Waals surface area contributed by atoms with Crippen molar-refractivity contribution in [1.82, 2.24) is 14.5 Å². The Bertz CT molecular complexity index is 1430. The molecule has 0 atom stereocenters. The van der Waals surface area contributed by atoms with Crippen LogP contribution in [0.2, 0.25) is 0 Å². The maximum atomic E-state index is 13.1. The zero-order valence-corrected chi connectivity index (χ0v) is 18.8. The quantitative estimate of drug-likeness (QED) is 0.385. The minimum atomic E-state index is -1.89. The molecule has 0 fully saturated rings. The van der Waals surface area contributed by atoms with E-state index < -0.39 is 11.0 Å². The predicted molar refractivity (Wildman–Crippen MR) is 144 cm³/mol. The van der Waals surface area contributed by atoms with Crippen molar-refractivity contribution in [2.75, 3.05) is 5.32 Å². The van der Waals surface area contributed by atoms with Crippen molar-refractivity contribution in [1.29, 1.82) is 0 Å². The van der Waals surface area contributed by atoms with Crippen molar-refractivity contribution >= 4 is 99.3 Å². The van der Waals surface area contributed by atoms with Gasteiger partial charge in [0, 0.05) is 29.8 Å². The van der Waals surface area contributed by atoms with Gasteiger partial charge in [0.2, 0.25) is 0 Å². The maximum absolute atomic E-state index is 13.1. The first kappa shape index (κ1) is 24.1. The highest BCUT2D eigenvalue weighted by Gasteiger charge is 2.24. The molecule has 0 bridgehead atoms. The zero-order valence-electron chi connectivity index (χ0n) is 18.8. The zero-order chi connectivity index (χ0) is 24.9. The van der Waals surface area contributed by atoms with E-state index in [1.807, 2.05) is 42.9 Å². The van der Waals surface area contributed by atoms with Crippen LogP contribution in [-0.2, 0) is 12.2 Å². The summed E-state index contributed by atoms with van der Waals surface area (Å²) in [6, 6.07) is 7.65. The number of carbonyl (C=O) groups excluding carboxylic acids is 1. The van der Waals surface area contributed by atoms with E-state index >= 15 is 0 Å². The Morgan fingerprint density at radius 1 is 0.912 bits per heavy atom. The molecule has 1 N–H and O–H groups in total. The summed E-state index contributed by atoms with van der Waals surface area (Å²) in [5.74, 6) is 0.525. The number of carbonyl (C=O) groups is 1. The number of hydrogen-bond acceptors (Lipinski definition) is 3. The third kappa shape index (κ3) is 4.15. The Balaban J connectivity index is 1.72. The molecule has 0 aliphatic rings. The van der Waals surface area contributed by atoms with E-state index in [4.69, 9.17) is 54.9 Å². The number of nitrogens with zero attached hydrogens (tertiary/aromatic N) is 3. The molecule has 0 saturated heterocycles. The van der Waals surface area contributed by atoms with Crippen molar-refractivity contribution in [3.63, 3.8) is 0 Å². The van der Waals surface area contributed by atoms with Gasteiger partial charge in [0.15, 0.2) is 0 Å². The SMILES string of the molecule is [B]c1c([B])c(C([B])([B])[B])c([B])c([B])c1C(=O)Nc1cc2cc(-c3cnc(C)n3C)ccc2cn1. The van der Waals surface area contributed by atoms with Crippen molar-refractivity contribution in [2.45, 2.75) is 12.0 Å². The van der Waals surface area contributed by atoms with Crippen molar-refractivity contribution in [3.05, 3.63) is 53.6 Å². The summed E-state index contributed by atoms with van der Waals surface area (Å²) in [6.07, 6.45) is 3.45. The number of hydrogen-bond donors (Lipinski definition) is 1. The molecule has 0 saturated carbocycles. The van der Waals surface area contributed by atoms with Crippen LogP contribution in [0.5, 0.6) is 0 Å². The molecule has 2 heterocycles. The predicted octanol–water partition coefficient (Wildman–Crippen LogP) is -2.01. The Morgan fingerprint density at radius 3 is 2.12 bits per heavy atom. The molecule has 5 nitrogen and oxygen atoms in total. The fourth-order valence-electron chi connectivity index (χ4n) is 3.86. The van der Waals surface area contributed by atoms with Crippen molar-refractivity contribution in [2.24, 2.45) is 7.05 Å². The van der Waals surface area contributed by atoms with E-state index in [9.17, 15) is 4.79 Å². The Labute approximate surface area is 207 Å². The Hall–Kier alpha value is -3.02. The second-order valence-electron chi connectivity index (χ2n) is 8.17. The number of aromatic nitrogens is 3. The number of anilines is 1. The van der Waals surface area contributed by atoms with E-state index in [-0.39, 0.29) is 38.8 Å². The highest BCUT2D eigenvalue weighted by molar-refractivity contribution is 6.66. The average Bonchev–Trinajstić information content (AvgIpc) is 3.09. The molecule has 14 radical (unpaired) electrons. The molecule has 148 valence electrons. The van der Waals surface area contributed by atoms with E-state index in [1.54, 1.807) is 12.3 Å². The van der Waals surface area contributed by atoms with Gasteiger partial charge in [0.25, 0.3) is 5.91 Å². The third-order valence-electron chi connectivity index (χ3n) is 5.80. The molecule has 1 amide bonds. The van der Waals surface area contributed by atoms with Gasteiger partial charge in [0.05, 0.1) is 35.4 Å². The lowest BCUT2D eigenvalue weighted by molar-refractivity contribution is 0.102. The highest BCUT2D eigenvalue weighted by atomic mass is 16.1. The number of amides is 1. The second-order valence-corrected chi connectivity index (χ2v) is 8.17. The second kappa shape index (κ2) is 8.64. The Morgan fingerprint density at radius 2 is 1.56 bits per heavy atom. The summed E-state index contributed by atoms with van der Waals surface area (Å²) in [6.45, 7) is 1.93. The van der Waals surface area contributed by atoms with Gasteiger partial charge in [-0.25, -0.2) is 9.97 Å². The lowest BCUT2D eigenvalue weighted by Crippen LogP contribution is -2.54. The normalized spacial score (nSPS) is 11.6. The van der Waals surface area contributed by atoms with Gasteiger partial charge in [0.1, 0.15) is 43.0 Å². The fraction of sp³-hybridized carbons (Fsp3) is 0.136. The maximum Gasteiger partial charge on any atom is 0.255 e. The van der Waals surface area contributed by atoms with Crippen LogP contribution < -0.4 is 27.2 Å². The van der Waals surface area contributed by atoms with E-state index in [2.05, 4.69) is 15.3 Å². The summed E-state index contributed by atoms with van der Waals surface area (Å²) in [5, 5.41) is 2.54. The first-order valence-corrected chi connectivity index (χ1v) is 10.2. The van der Waals surface area contributed by atoms with E-state index in [1.165, 1.54) is 0 Å². The van der Waals surface area contributed by atoms with E-state index in [0.29, 0.717) is 0 Å². The molecule has 2 aromatic carbocycles. The average molecular weight is 425 g/mol. The van der Waals surface area contributed by atoms with Crippen LogP contribution in [-0.4, -0.2) is 75.4 Å². The molecule has 0 aliphatic heterocycles. The van der Waals surface area contributed by atoms with Gasteiger partial charge < -0.3 is 9.88 Å². The smallest absolute Gasteiger partial charge is 0.255 e. The van der Waals surface area contributed by atoms with Crippen LogP contribution in [0.4, 0.5) is 5.82 Å². The standard InChI is InChI=1S/C22H13B7N4O/c1-9-30-8-13(33(9)2)10-3-4-11-7-31-14(6-12(11)5-10)32-21(34)15-17(23)19(25)16(22(27,28)29)20(26)18(15)24/h3-8H,1-2H3,(H,31,32,34). The van der Waals surface area contributed by atoms with Crippen LogP contribution in [0.15, 0.2) is 36.7 Å². The summed E-state index contributed by atoms with van der Waals surface area (Å²) >= 11 is 0. The fourth-order valence-corrected chi connectivity index (χ4v) is 3.86. The van der Waals surface area contributed by atoms with Crippen LogP contribution in [0.3, 0.4) is 0 Å². The van der Waals surface area contributed by atoms with Gasteiger partial charge >= 0.3 is 0 Å². The number of aryl methyl sites for hydroxylation is 1. The van der Waals surface area contributed by atoms with Gasteiger partial charge in [-0.05, 0) is 24.4 Å². The largest absolute Gasteiger partial charge is 0.331 e. The lowest BCUT2D eigenvalue weighted by Gasteiger charge is -2.31. The molecule has 0 spiro atoms. The number of pyridine rings is 1. The minimum Gasteiger partial charge on any atom is -0.331 e. The van der Waals surface area contributed by atoms with Crippen molar-refractivity contribution < 1.29 is 4.79 Å².